The third-order valence-electron chi connectivity index (χ3n) is 21.5. The molecule has 0 spiro atoms. The molecule has 38 nitrogen and oxygen atoms in total. The van der Waals surface area contributed by atoms with Crippen LogP contribution in [-0.2, 0) is 80.0 Å². The van der Waals surface area contributed by atoms with Crippen LogP contribution in [0.15, 0.2) is 0 Å². The Labute approximate surface area is 653 Å². The van der Waals surface area contributed by atoms with Crippen LogP contribution in [0.3, 0.4) is 0 Å². The molecule has 6 rings (SSSR count). The summed E-state index contributed by atoms with van der Waals surface area (Å²) in [4.78, 5) is 38.3. The number of unbranched alkanes of at least 4 members (excludes halogenated alkanes) is 26. The van der Waals surface area contributed by atoms with E-state index in [9.17, 15) is 121 Å². The van der Waals surface area contributed by atoms with E-state index >= 15 is 0 Å². The second-order valence-electron chi connectivity index (χ2n) is 30.4. The minimum atomic E-state index is -5.85. The molecule has 6 fully saturated rings. The molecule has 0 aromatic heterocycles. The van der Waals surface area contributed by atoms with E-state index in [1.54, 1.807) is 0 Å². The van der Waals surface area contributed by atoms with Gasteiger partial charge in [0.2, 0.25) is 0 Å². The predicted molar refractivity (Wildman–Crippen MR) is 385 cm³/mol. The minimum Gasteiger partial charge on any atom is -0.462 e. The molecule has 0 bridgehead atoms. The molecule has 0 amide bonds. The van der Waals surface area contributed by atoms with Gasteiger partial charge in [0.05, 0.1) is 39.6 Å². The van der Waals surface area contributed by atoms with Gasteiger partial charge in [-0.15, -0.1) is 0 Å². The zero-order chi connectivity index (χ0) is 82.2. The van der Waals surface area contributed by atoms with Gasteiger partial charge in [-0.3, -0.25) is 18.6 Å². The van der Waals surface area contributed by atoms with Crippen molar-refractivity contribution < 1.29 is 187 Å². The Morgan fingerprint density at radius 1 is 0.321 bits per heavy atom. The average molecular weight is 1650 g/mol. The fourth-order valence-electron chi connectivity index (χ4n) is 14.3. The number of ether oxygens (including phenoxy) is 12. The van der Waals surface area contributed by atoms with E-state index < -0.39 is 262 Å². The molecule has 5 saturated heterocycles. The van der Waals surface area contributed by atoms with Crippen LogP contribution < -0.4 is 0 Å². The number of aliphatic hydroxyl groups excluding tert-OH is 20. The van der Waals surface area contributed by atoms with Gasteiger partial charge in [0.1, 0.15) is 165 Å². The zero-order valence-electron chi connectivity index (χ0n) is 64.4. The normalized spacial score (nSPS) is 38.2. The van der Waals surface area contributed by atoms with Crippen molar-refractivity contribution in [1.82, 2.24) is 0 Å². The Kier molecular flexibility index (Phi) is 45.3. The predicted octanol–water partition coefficient (Wildman–Crippen LogP) is -2.37. The summed E-state index contributed by atoms with van der Waals surface area (Å²) in [5.74, 6) is -1.47. The van der Waals surface area contributed by atoms with Crippen molar-refractivity contribution in [2.45, 2.75) is 403 Å². The van der Waals surface area contributed by atoms with Crippen molar-refractivity contribution in [3.8, 4) is 0 Å². The minimum absolute atomic E-state index is 0.0146. The van der Waals surface area contributed by atoms with Gasteiger partial charge in [-0.05, 0) is 12.8 Å². The number of hydrogen-bond donors (Lipinski definition) is 21. The highest BCUT2D eigenvalue weighted by Crippen LogP contribution is 2.49. The molecule has 658 valence electrons. The maximum atomic E-state index is 14.5. The first-order chi connectivity index (χ1) is 53.5. The number of phosphoric ester groups is 1. The summed E-state index contributed by atoms with van der Waals surface area (Å²) in [5, 5.41) is 217. The summed E-state index contributed by atoms with van der Waals surface area (Å²) in [6.45, 7) is -1.88. The fraction of sp³-hybridized carbons (Fsp3) is 0.973. The number of carbonyl (C=O) groups excluding carboxylic acids is 2. The standard InChI is InChI=1S/C73H133O38P/c1-3-5-7-9-11-13-15-17-18-20-21-23-25-27-29-31-46(76)98-35-40(103-47(77)32-30-28-26-24-22-19-16-14-12-10-8-6-4-2)36-102-112(96,97)111-68-66(109-72-64(94)54(84)49(79)42(34-75)105-72)59(89)58(88)60(90)67(68)110-73-65(95)57(87)52(82)45(108-73)39-101-71-63(93)56(86)51(81)44(107-71)38-100-70-62(92)55(85)50(80)43(106-70)37-99-69-61(91)53(83)48(78)41(33-74)104-69/h40-45,48-75,78-95H,3-39H2,1-2H3,(H,96,97)/t40-,41?,42?,43?,44?,45?,48+,49-,50+,51+,52+,53?,54?,55?,56?,57?,58+,59?,60?,61+,62+,63+,64-,65+,66-,67?,68+,69-,70-,71-,72-,73+/m1/s1. The average Bonchev–Trinajstić information content (AvgIpc) is 0.759. The lowest BCUT2D eigenvalue weighted by atomic mass is 9.84. The Morgan fingerprint density at radius 3 is 0.920 bits per heavy atom. The smallest absolute Gasteiger partial charge is 0.462 e. The van der Waals surface area contributed by atoms with Gasteiger partial charge in [0.25, 0.3) is 0 Å². The van der Waals surface area contributed by atoms with Crippen molar-refractivity contribution in [1.29, 1.82) is 0 Å². The van der Waals surface area contributed by atoms with Crippen LogP contribution in [0.2, 0.25) is 0 Å². The molecule has 0 radical (unpaired) electrons. The molecule has 1 saturated carbocycles. The number of hydrogen-bond acceptors (Lipinski definition) is 37. The van der Waals surface area contributed by atoms with Crippen molar-refractivity contribution in [3.05, 3.63) is 0 Å². The van der Waals surface area contributed by atoms with Gasteiger partial charge in [-0.25, -0.2) is 4.57 Å². The Morgan fingerprint density at radius 2 is 0.589 bits per heavy atom. The fourth-order valence-corrected chi connectivity index (χ4v) is 15.3. The van der Waals surface area contributed by atoms with Gasteiger partial charge in [0.15, 0.2) is 37.6 Å². The van der Waals surface area contributed by atoms with E-state index in [1.807, 2.05) is 0 Å². The van der Waals surface area contributed by atoms with Gasteiger partial charge < -0.3 is 164 Å². The maximum absolute atomic E-state index is 14.5. The van der Waals surface area contributed by atoms with Crippen LogP contribution >= 0.6 is 7.82 Å². The van der Waals surface area contributed by atoms with Crippen molar-refractivity contribution in [2.24, 2.45) is 0 Å². The molecular weight excluding hydrogens is 1520 g/mol. The molecule has 6 aliphatic rings. The quantitative estimate of drug-likeness (QED) is 0.0172. The summed E-state index contributed by atoms with van der Waals surface area (Å²) in [7, 11) is -5.85. The molecule has 0 aromatic rings. The lowest BCUT2D eigenvalue weighted by Crippen LogP contribution is -2.69. The lowest BCUT2D eigenvalue weighted by Gasteiger charge is -2.49. The summed E-state index contributed by atoms with van der Waals surface area (Å²) in [6.07, 6.45) is -36.7. The number of esters is 2. The zero-order valence-corrected chi connectivity index (χ0v) is 65.3. The number of rotatable bonds is 53. The van der Waals surface area contributed by atoms with Gasteiger partial charge in [0, 0.05) is 12.8 Å². The molecular formula is C73H133O38P. The molecule has 39 heteroatoms. The first-order valence-electron chi connectivity index (χ1n) is 40.4. The molecule has 5 heterocycles. The van der Waals surface area contributed by atoms with E-state index in [-0.39, 0.29) is 12.8 Å². The Balaban J connectivity index is 1.13. The molecule has 33 atom stereocenters. The van der Waals surface area contributed by atoms with Crippen LogP contribution in [0, 0.1) is 0 Å². The summed E-state index contributed by atoms with van der Waals surface area (Å²) in [5.41, 5.74) is 0. The monoisotopic (exact) mass is 1650 g/mol. The number of aliphatic hydroxyl groups is 20. The van der Waals surface area contributed by atoms with E-state index in [0.29, 0.717) is 19.3 Å². The van der Waals surface area contributed by atoms with Crippen molar-refractivity contribution in [2.75, 3.05) is 46.2 Å². The highest BCUT2D eigenvalue weighted by Gasteiger charge is 2.59. The van der Waals surface area contributed by atoms with Crippen LogP contribution in [0.5, 0.6) is 0 Å². The van der Waals surface area contributed by atoms with Crippen molar-refractivity contribution >= 4 is 19.8 Å². The largest absolute Gasteiger partial charge is 0.472 e. The van der Waals surface area contributed by atoms with E-state index in [0.717, 1.165) is 64.2 Å². The van der Waals surface area contributed by atoms with Gasteiger partial charge in [-0.2, -0.15) is 0 Å². The summed E-state index contributed by atoms with van der Waals surface area (Å²) < 4.78 is 92.9. The highest BCUT2D eigenvalue weighted by atomic mass is 31.2. The second-order valence-corrected chi connectivity index (χ2v) is 31.8. The molecule has 5 aliphatic heterocycles. The molecule has 0 aromatic carbocycles. The van der Waals surface area contributed by atoms with E-state index in [4.69, 9.17) is 65.9 Å². The van der Waals surface area contributed by atoms with Crippen LogP contribution in [0.4, 0.5) is 0 Å². The van der Waals surface area contributed by atoms with Crippen LogP contribution in [0.25, 0.3) is 0 Å². The second kappa shape index (κ2) is 51.5. The highest BCUT2D eigenvalue weighted by molar-refractivity contribution is 7.47. The van der Waals surface area contributed by atoms with E-state index in [2.05, 4.69) is 13.8 Å². The Bertz CT molecular complexity index is 2590. The topological polar surface area (TPSA) is 605 Å². The summed E-state index contributed by atoms with van der Waals surface area (Å²) >= 11 is 0. The maximum Gasteiger partial charge on any atom is 0.472 e. The van der Waals surface area contributed by atoms with Gasteiger partial charge >= 0.3 is 19.8 Å². The SMILES string of the molecule is CCCCCCCCCCCCCCCCCC(=O)OC[C@H](COP(=O)(O)O[C@@H]1C(O[C@@H]2OC(CO[C@@H]3OC(CO[C@@H]4OC(CO[C@@H]5OC(CO)[C@H](O)C(O)[C@@H]5O)[C@H](O)C(O)[C@@H]4O)[C@H](O)C(O)[C@@H]3O)[C@H](O)C(O)[C@@H]2O)C(O)[C@@H](O)C(O)[C@H]1O[C@H]1OC(CO)[C@@H](O)C(O)[C@H]1O)OC(=O)CCCCCCCCCCCCCCC. The third kappa shape index (κ3) is 30.5. The van der Waals surface area contributed by atoms with Gasteiger partial charge in [-0.1, -0.05) is 181 Å². The molecule has 1 aliphatic carbocycles. The third-order valence-corrected chi connectivity index (χ3v) is 22.4. The number of carbonyl (C=O) groups is 2. The van der Waals surface area contributed by atoms with Crippen LogP contribution in [0.1, 0.15) is 206 Å². The molecule has 112 heavy (non-hydrogen) atoms. The molecule has 21 N–H and O–H groups in total. The van der Waals surface area contributed by atoms with Crippen molar-refractivity contribution in [3.63, 3.8) is 0 Å². The van der Waals surface area contributed by atoms with Crippen LogP contribution in [-0.4, -0.2) is 361 Å². The first kappa shape index (κ1) is 98.7. The van der Waals surface area contributed by atoms with E-state index in [1.165, 1.54) is 96.3 Å². The number of phosphoric acid groups is 1. The summed E-state index contributed by atoms with van der Waals surface area (Å²) in [6, 6.07) is 0. The molecule has 14 unspecified atom stereocenters. The Hall–Kier alpha value is -2.15. The first-order valence-corrected chi connectivity index (χ1v) is 41.9. The lowest BCUT2D eigenvalue weighted by molar-refractivity contribution is -0.365.